The van der Waals surface area contributed by atoms with Crippen LogP contribution in [0.5, 0.6) is 0 Å². The van der Waals surface area contributed by atoms with Gasteiger partial charge in [-0.3, -0.25) is 9.48 Å². The van der Waals surface area contributed by atoms with Crippen molar-refractivity contribution in [3.63, 3.8) is 0 Å². The molecule has 2 aromatic heterocycles. The van der Waals surface area contributed by atoms with E-state index in [1.165, 1.54) is 30.2 Å². The summed E-state index contributed by atoms with van der Waals surface area (Å²) in [5.41, 5.74) is -3.38. The van der Waals surface area contributed by atoms with Crippen LogP contribution in [0.2, 0.25) is 0 Å². The fourth-order valence-corrected chi connectivity index (χ4v) is 1.97. The fraction of sp³-hybridized carbons (Fsp3) is 0.417. The Balaban J connectivity index is 2.24. The number of hydrogen-bond donors (Lipinski definition) is 2. The Morgan fingerprint density at radius 2 is 2.05 bits per heavy atom. The summed E-state index contributed by atoms with van der Waals surface area (Å²) in [5, 5.41) is 16.1. The molecule has 0 spiro atoms. The van der Waals surface area contributed by atoms with Crippen LogP contribution < -0.4 is 5.32 Å². The maximum atomic E-state index is 13.2. The van der Waals surface area contributed by atoms with Crippen molar-refractivity contribution in [1.29, 1.82) is 0 Å². The molecule has 120 valence electrons. The molecule has 1 atom stereocenters. The second-order valence-corrected chi connectivity index (χ2v) is 4.82. The predicted molar refractivity (Wildman–Crippen MR) is 69.6 cm³/mol. The zero-order chi connectivity index (χ0) is 16.5. The molecular formula is C12H14F3N5O2. The SMILES string of the molecule is Cn1ccc(NC(=O)C[C@@](O)(c2nccn2C)C(F)(F)F)n1. The van der Waals surface area contributed by atoms with Crippen molar-refractivity contribution in [2.45, 2.75) is 18.2 Å². The molecule has 0 aromatic carbocycles. The first-order chi connectivity index (χ1) is 10.1. The van der Waals surface area contributed by atoms with Crippen LogP contribution in [0.4, 0.5) is 19.0 Å². The molecule has 0 aliphatic heterocycles. The third-order valence-electron chi connectivity index (χ3n) is 3.06. The molecule has 2 rings (SSSR count). The number of nitrogens with zero attached hydrogens (tertiary/aromatic N) is 4. The number of aliphatic hydroxyl groups is 1. The highest BCUT2D eigenvalue weighted by molar-refractivity contribution is 5.90. The average molecular weight is 317 g/mol. The van der Waals surface area contributed by atoms with Crippen molar-refractivity contribution in [2.75, 3.05) is 5.32 Å². The number of imidazole rings is 1. The van der Waals surface area contributed by atoms with Gasteiger partial charge in [-0.2, -0.15) is 18.3 Å². The maximum absolute atomic E-state index is 13.2. The van der Waals surface area contributed by atoms with E-state index in [9.17, 15) is 23.1 Å². The van der Waals surface area contributed by atoms with Crippen LogP contribution in [-0.2, 0) is 24.5 Å². The van der Waals surface area contributed by atoms with E-state index in [4.69, 9.17) is 0 Å². The van der Waals surface area contributed by atoms with E-state index in [0.717, 1.165) is 10.8 Å². The molecule has 0 saturated carbocycles. The lowest BCUT2D eigenvalue weighted by Gasteiger charge is -2.29. The van der Waals surface area contributed by atoms with Crippen molar-refractivity contribution in [1.82, 2.24) is 19.3 Å². The molecule has 2 N–H and O–H groups in total. The Morgan fingerprint density at radius 3 is 2.50 bits per heavy atom. The lowest BCUT2D eigenvalue weighted by atomic mass is 9.97. The van der Waals surface area contributed by atoms with Crippen molar-refractivity contribution in [3.05, 3.63) is 30.5 Å². The third kappa shape index (κ3) is 2.96. The molecule has 2 heterocycles. The summed E-state index contributed by atoms with van der Waals surface area (Å²) in [4.78, 5) is 15.3. The Labute approximate surface area is 123 Å². The van der Waals surface area contributed by atoms with Gasteiger partial charge < -0.3 is 15.0 Å². The van der Waals surface area contributed by atoms with Gasteiger partial charge in [0.05, 0.1) is 6.42 Å². The van der Waals surface area contributed by atoms with Gasteiger partial charge in [0.15, 0.2) is 11.6 Å². The second kappa shape index (κ2) is 5.44. The second-order valence-electron chi connectivity index (χ2n) is 4.82. The highest BCUT2D eigenvalue weighted by Crippen LogP contribution is 2.40. The van der Waals surface area contributed by atoms with Crippen molar-refractivity contribution in [2.24, 2.45) is 14.1 Å². The number of aryl methyl sites for hydroxylation is 2. The smallest absolute Gasteiger partial charge is 0.374 e. The van der Waals surface area contributed by atoms with Crippen molar-refractivity contribution < 1.29 is 23.1 Å². The number of rotatable bonds is 4. The van der Waals surface area contributed by atoms with Gasteiger partial charge in [0.25, 0.3) is 0 Å². The van der Waals surface area contributed by atoms with E-state index < -0.39 is 29.9 Å². The topological polar surface area (TPSA) is 85.0 Å². The van der Waals surface area contributed by atoms with Crippen LogP contribution in [0, 0.1) is 0 Å². The van der Waals surface area contributed by atoms with Gasteiger partial charge in [0.2, 0.25) is 11.5 Å². The number of amides is 1. The number of halogens is 3. The van der Waals surface area contributed by atoms with E-state index in [1.54, 1.807) is 7.05 Å². The Hall–Kier alpha value is -2.36. The summed E-state index contributed by atoms with van der Waals surface area (Å²) in [6, 6.07) is 1.42. The molecule has 10 heteroatoms. The minimum atomic E-state index is -5.06. The molecule has 0 bridgehead atoms. The zero-order valence-corrected chi connectivity index (χ0v) is 11.8. The van der Waals surface area contributed by atoms with Crippen molar-refractivity contribution in [3.8, 4) is 0 Å². The summed E-state index contributed by atoms with van der Waals surface area (Å²) in [6.07, 6.45) is -2.40. The van der Waals surface area contributed by atoms with E-state index >= 15 is 0 Å². The Kier molecular flexibility index (Phi) is 3.96. The summed E-state index contributed by atoms with van der Waals surface area (Å²) in [5.74, 6) is -1.59. The number of aromatic nitrogens is 4. The molecule has 22 heavy (non-hydrogen) atoms. The Morgan fingerprint density at radius 1 is 1.36 bits per heavy atom. The number of anilines is 1. The van der Waals surface area contributed by atoms with Crippen LogP contribution in [0.15, 0.2) is 24.7 Å². The summed E-state index contributed by atoms with van der Waals surface area (Å²) < 4.78 is 42.1. The lowest BCUT2D eigenvalue weighted by Crippen LogP contribution is -2.46. The van der Waals surface area contributed by atoms with E-state index in [1.807, 2.05) is 0 Å². The molecule has 1 amide bonds. The Bertz CT molecular complexity index is 678. The molecular weight excluding hydrogens is 303 g/mol. The first-order valence-electron chi connectivity index (χ1n) is 6.20. The number of carbonyl (C=O) groups excluding carboxylic acids is 1. The van der Waals surface area contributed by atoms with Gasteiger partial charge in [0.1, 0.15) is 0 Å². The van der Waals surface area contributed by atoms with Crippen LogP contribution in [-0.4, -0.2) is 36.5 Å². The average Bonchev–Trinajstić information content (AvgIpc) is 2.96. The van der Waals surface area contributed by atoms with Crippen LogP contribution >= 0.6 is 0 Å². The molecule has 0 radical (unpaired) electrons. The third-order valence-corrected chi connectivity index (χ3v) is 3.06. The van der Waals surface area contributed by atoms with E-state index in [0.29, 0.717) is 0 Å². The van der Waals surface area contributed by atoms with E-state index in [-0.39, 0.29) is 5.82 Å². The molecule has 0 aliphatic rings. The predicted octanol–water partition coefficient (Wildman–Crippen LogP) is 0.932. The maximum Gasteiger partial charge on any atom is 0.425 e. The van der Waals surface area contributed by atoms with E-state index in [2.05, 4.69) is 15.4 Å². The molecule has 0 aliphatic carbocycles. The number of nitrogens with one attached hydrogen (secondary N) is 1. The van der Waals surface area contributed by atoms with Gasteiger partial charge in [0, 0.05) is 38.8 Å². The zero-order valence-electron chi connectivity index (χ0n) is 11.8. The molecule has 0 unspecified atom stereocenters. The number of alkyl halides is 3. The normalized spacial score (nSPS) is 14.6. The fourth-order valence-electron chi connectivity index (χ4n) is 1.97. The van der Waals surface area contributed by atoms with Crippen LogP contribution in [0.1, 0.15) is 12.2 Å². The van der Waals surface area contributed by atoms with Gasteiger partial charge in [-0.1, -0.05) is 0 Å². The van der Waals surface area contributed by atoms with Gasteiger partial charge in [-0.05, 0) is 0 Å². The summed E-state index contributed by atoms with van der Waals surface area (Å²) >= 11 is 0. The number of carbonyl (C=O) groups is 1. The first kappa shape index (κ1) is 16.0. The largest absolute Gasteiger partial charge is 0.425 e. The highest BCUT2D eigenvalue weighted by atomic mass is 19.4. The minimum Gasteiger partial charge on any atom is -0.374 e. The van der Waals surface area contributed by atoms with Gasteiger partial charge >= 0.3 is 6.18 Å². The highest BCUT2D eigenvalue weighted by Gasteiger charge is 2.58. The van der Waals surface area contributed by atoms with Crippen LogP contribution in [0.25, 0.3) is 0 Å². The lowest BCUT2D eigenvalue weighted by molar-refractivity contribution is -0.270. The van der Waals surface area contributed by atoms with Gasteiger partial charge in [-0.15, -0.1) is 0 Å². The summed E-state index contributed by atoms with van der Waals surface area (Å²) in [7, 11) is 2.89. The van der Waals surface area contributed by atoms with Crippen molar-refractivity contribution >= 4 is 11.7 Å². The molecule has 7 nitrogen and oxygen atoms in total. The molecule has 0 fully saturated rings. The quantitative estimate of drug-likeness (QED) is 0.878. The summed E-state index contributed by atoms with van der Waals surface area (Å²) in [6.45, 7) is 0. The van der Waals surface area contributed by atoms with Crippen LogP contribution in [0.3, 0.4) is 0 Å². The number of hydrogen-bond acceptors (Lipinski definition) is 4. The van der Waals surface area contributed by atoms with Gasteiger partial charge in [-0.25, -0.2) is 4.98 Å². The molecule has 0 saturated heterocycles. The minimum absolute atomic E-state index is 0.0943. The standard InChI is InChI=1S/C12H14F3N5O2/c1-19-6-4-16-10(19)11(22,12(13,14)15)7-9(21)17-8-3-5-20(2)18-8/h3-6,22H,7H2,1-2H3,(H,17,18,21)/t11-/m1/s1. The monoisotopic (exact) mass is 317 g/mol. The molecule has 2 aromatic rings. The first-order valence-corrected chi connectivity index (χ1v) is 6.20.